The number of rotatable bonds is 2. The summed E-state index contributed by atoms with van der Waals surface area (Å²) in [4.78, 5) is 25.0. The highest BCUT2D eigenvalue weighted by atomic mass is 16.4. The SMILES string of the molecule is NC(=O)N1CCC[C@]1(C(=O)O)c1cccc2ccccc12. The summed E-state index contributed by atoms with van der Waals surface area (Å²) in [6.07, 6.45) is 0.998. The van der Waals surface area contributed by atoms with Gasteiger partial charge >= 0.3 is 12.0 Å². The summed E-state index contributed by atoms with van der Waals surface area (Å²) in [5, 5.41) is 11.6. The molecular weight excluding hydrogens is 268 g/mol. The smallest absolute Gasteiger partial charge is 0.334 e. The standard InChI is InChI=1S/C16H16N2O3/c17-15(21)18-10-4-9-16(18,14(19)20)13-8-3-6-11-5-1-2-7-12(11)13/h1-3,5-8H,4,9-10H2,(H2,17,21)(H,19,20)/t16-/m1/s1. The van der Waals surface area contributed by atoms with Crippen LogP contribution in [0.1, 0.15) is 18.4 Å². The minimum absolute atomic E-state index is 0.366. The number of hydrogen-bond acceptors (Lipinski definition) is 2. The molecule has 108 valence electrons. The Morgan fingerprint density at radius 2 is 1.86 bits per heavy atom. The third kappa shape index (κ3) is 1.85. The van der Waals surface area contributed by atoms with Crippen LogP contribution in [-0.4, -0.2) is 28.6 Å². The predicted molar refractivity (Wildman–Crippen MR) is 78.8 cm³/mol. The van der Waals surface area contributed by atoms with Crippen molar-refractivity contribution in [2.45, 2.75) is 18.4 Å². The van der Waals surface area contributed by atoms with Crippen molar-refractivity contribution in [2.24, 2.45) is 5.73 Å². The van der Waals surface area contributed by atoms with Crippen molar-refractivity contribution in [1.82, 2.24) is 4.90 Å². The van der Waals surface area contributed by atoms with Crippen LogP contribution in [0.25, 0.3) is 10.8 Å². The second-order valence-corrected chi connectivity index (χ2v) is 5.29. The fourth-order valence-corrected chi connectivity index (χ4v) is 3.32. The van der Waals surface area contributed by atoms with Crippen molar-refractivity contribution in [3.63, 3.8) is 0 Å². The highest BCUT2D eigenvalue weighted by molar-refractivity contribution is 5.95. The lowest BCUT2D eigenvalue weighted by molar-refractivity contribution is -0.148. The lowest BCUT2D eigenvalue weighted by Gasteiger charge is -2.34. The Kier molecular flexibility index (Phi) is 3.05. The number of primary amides is 1. The first-order chi connectivity index (χ1) is 10.1. The largest absolute Gasteiger partial charge is 0.479 e. The first kappa shape index (κ1) is 13.4. The van der Waals surface area contributed by atoms with Crippen LogP contribution in [0.2, 0.25) is 0 Å². The van der Waals surface area contributed by atoms with Crippen LogP contribution < -0.4 is 5.73 Å². The van der Waals surface area contributed by atoms with Crippen LogP contribution in [0, 0.1) is 0 Å². The number of aliphatic carboxylic acids is 1. The summed E-state index contributed by atoms with van der Waals surface area (Å²) in [6.45, 7) is 0.366. The second-order valence-electron chi connectivity index (χ2n) is 5.29. The van der Waals surface area contributed by atoms with Crippen LogP contribution in [0.3, 0.4) is 0 Å². The molecule has 3 rings (SSSR count). The molecule has 21 heavy (non-hydrogen) atoms. The number of carbonyl (C=O) groups excluding carboxylic acids is 1. The first-order valence-electron chi connectivity index (χ1n) is 6.86. The molecule has 2 aromatic rings. The zero-order chi connectivity index (χ0) is 15.0. The quantitative estimate of drug-likeness (QED) is 0.887. The number of benzene rings is 2. The van der Waals surface area contributed by atoms with Crippen molar-refractivity contribution >= 4 is 22.8 Å². The highest BCUT2D eigenvalue weighted by Gasteiger charge is 2.51. The fourth-order valence-electron chi connectivity index (χ4n) is 3.32. The molecule has 5 heteroatoms. The van der Waals surface area contributed by atoms with Gasteiger partial charge in [0.2, 0.25) is 0 Å². The topological polar surface area (TPSA) is 83.6 Å². The number of likely N-dealkylation sites (tertiary alicyclic amines) is 1. The number of nitrogens with two attached hydrogens (primary N) is 1. The average molecular weight is 284 g/mol. The van der Waals surface area contributed by atoms with Gasteiger partial charge in [0.05, 0.1) is 0 Å². The average Bonchev–Trinajstić information content (AvgIpc) is 2.92. The minimum Gasteiger partial charge on any atom is -0.479 e. The molecule has 0 saturated carbocycles. The van der Waals surface area contributed by atoms with Gasteiger partial charge in [-0.1, -0.05) is 42.5 Å². The van der Waals surface area contributed by atoms with E-state index in [4.69, 9.17) is 5.73 Å². The monoisotopic (exact) mass is 284 g/mol. The molecule has 0 radical (unpaired) electrons. The van der Waals surface area contributed by atoms with Gasteiger partial charge < -0.3 is 15.7 Å². The lowest BCUT2D eigenvalue weighted by atomic mass is 9.84. The number of carboxylic acids is 1. The zero-order valence-corrected chi connectivity index (χ0v) is 11.5. The molecular formula is C16H16N2O3. The molecule has 0 aromatic heterocycles. The third-order valence-corrected chi connectivity index (χ3v) is 4.24. The molecule has 1 heterocycles. The number of carboxylic acid groups (broad SMARTS) is 1. The van der Waals surface area contributed by atoms with Gasteiger partial charge in [0.1, 0.15) is 0 Å². The Hall–Kier alpha value is -2.56. The molecule has 0 bridgehead atoms. The molecule has 1 saturated heterocycles. The number of amides is 2. The number of hydrogen-bond donors (Lipinski definition) is 2. The molecule has 1 aliphatic rings. The van der Waals surface area contributed by atoms with Gasteiger partial charge in [-0.3, -0.25) is 0 Å². The van der Waals surface area contributed by atoms with Crippen LogP contribution in [-0.2, 0) is 10.3 Å². The van der Waals surface area contributed by atoms with E-state index < -0.39 is 17.5 Å². The Morgan fingerprint density at radius 1 is 1.14 bits per heavy atom. The zero-order valence-electron chi connectivity index (χ0n) is 11.5. The Morgan fingerprint density at radius 3 is 2.57 bits per heavy atom. The Balaban J connectivity index is 2.31. The fraction of sp³-hybridized carbons (Fsp3) is 0.250. The molecule has 1 atom stereocenters. The van der Waals surface area contributed by atoms with E-state index in [1.807, 2.05) is 36.4 Å². The summed E-state index contributed by atoms with van der Waals surface area (Å²) >= 11 is 0. The normalized spacial score (nSPS) is 21.6. The van der Waals surface area contributed by atoms with Crippen molar-refractivity contribution in [2.75, 3.05) is 6.54 Å². The molecule has 0 aliphatic carbocycles. The molecule has 3 N–H and O–H groups in total. The van der Waals surface area contributed by atoms with Crippen molar-refractivity contribution in [3.8, 4) is 0 Å². The van der Waals surface area contributed by atoms with E-state index in [1.54, 1.807) is 6.07 Å². The summed E-state index contributed by atoms with van der Waals surface area (Å²) in [6, 6.07) is 12.4. The first-order valence-corrected chi connectivity index (χ1v) is 6.86. The van der Waals surface area contributed by atoms with Gasteiger partial charge in [-0.25, -0.2) is 9.59 Å². The van der Waals surface area contributed by atoms with Crippen molar-refractivity contribution in [3.05, 3.63) is 48.0 Å². The summed E-state index contributed by atoms with van der Waals surface area (Å²) < 4.78 is 0. The summed E-state index contributed by atoms with van der Waals surface area (Å²) in [5.74, 6) is -1.03. The van der Waals surface area contributed by atoms with Crippen LogP contribution in [0.15, 0.2) is 42.5 Å². The summed E-state index contributed by atoms with van der Waals surface area (Å²) in [5.41, 5.74) is 4.68. The Bertz CT molecular complexity index is 723. The van der Waals surface area contributed by atoms with Crippen LogP contribution >= 0.6 is 0 Å². The van der Waals surface area contributed by atoms with E-state index in [2.05, 4.69) is 0 Å². The Labute approximate surface area is 122 Å². The number of carbonyl (C=O) groups is 2. The van der Waals surface area contributed by atoms with E-state index in [1.165, 1.54) is 4.90 Å². The van der Waals surface area contributed by atoms with Crippen LogP contribution in [0.4, 0.5) is 4.79 Å². The maximum absolute atomic E-state index is 12.0. The molecule has 1 fully saturated rings. The van der Waals surface area contributed by atoms with E-state index in [0.717, 1.165) is 10.8 Å². The van der Waals surface area contributed by atoms with Gasteiger partial charge in [-0.15, -0.1) is 0 Å². The predicted octanol–water partition coefficient (Wildman–Crippen LogP) is 2.29. The molecule has 0 spiro atoms. The van der Waals surface area contributed by atoms with Gasteiger partial charge in [0.15, 0.2) is 5.54 Å². The highest BCUT2D eigenvalue weighted by Crippen LogP contribution is 2.42. The molecule has 0 unspecified atom stereocenters. The van der Waals surface area contributed by atoms with Crippen LogP contribution in [0.5, 0.6) is 0 Å². The minimum atomic E-state index is -1.37. The maximum Gasteiger partial charge on any atom is 0.334 e. The van der Waals surface area contributed by atoms with Crippen molar-refractivity contribution in [1.29, 1.82) is 0 Å². The molecule has 5 nitrogen and oxygen atoms in total. The van der Waals surface area contributed by atoms with Gasteiger partial charge in [-0.2, -0.15) is 0 Å². The number of fused-ring (bicyclic) bond motifs is 1. The summed E-state index contributed by atoms with van der Waals surface area (Å²) in [7, 11) is 0. The number of nitrogens with zero attached hydrogens (tertiary/aromatic N) is 1. The van der Waals surface area contributed by atoms with E-state index in [-0.39, 0.29) is 0 Å². The molecule has 2 aromatic carbocycles. The molecule has 1 aliphatic heterocycles. The third-order valence-electron chi connectivity index (χ3n) is 4.24. The van der Waals surface area contributed by atoms with Gasteiger partial charge in [0.25, 0.3) is 0 Å². The van der Waals surface area contributed by atoms with E-state index in [0.29, 0.717) is 24.9 Å². The van der Waals surface area contributed by atoms with E-state index >= 15 is 0 Å². The molecule has 2 amide bonds. The number of urea groups is 1. The maximum atomic E-state index is 12.0. The van der Waals surface area contributed by atoms with Crippen molar-refractivity contribution < 1.29 is 14.7 Å². The second kappa shape index (κ2) is 4.77. The van der Waals surface area contributed by atoms with E-state index in [9.17, 15) is 14.7 Å². The van der Waals surface area contributed by atoms with Gasteiger partial charge in [-0.05, 0) is 29.2 Å². The van der Waals surface area contributed by atoms with Gasteiger partial charge in [0, 0.05) is 6.54 Å². The lowest BCUT2D eigenvalue weighted by Crippen LogP contribution is -2.52.